The Hall–Kier alpha value is -2.38. The van der Waals surface area contributed by atoms with Gasteiger partial charge >= 0.3 is 0 Å². The van der Waals surface area contributed by atoms with Crippen LogP contribution in [0.4, 0.5) is 5.69 Å². The van der Waals surface area contributed by atoms with Crippen LogP contribution in [0.1, 0.15) is 18.1 Å². The van der Waals surface area contributed by atoms with Gasteiger partial charge in [0.2, 0.25) is 11.8 Å². The van der Waals surface area contributed by atoms with Crippen molar-refractivity contribution in [2.75, 3.05) is 38.6 Å². The van der Waals surface area contributed by atoms with Gasteiger partial charge in [-0.15, -0.1) is 0 Å². The Morgan fingerprint density at radius 3 is 2.53 bits per heavy atom. The number of piperazine rings is 1. The highest BCUT2D eigenvalue weighted by Crippen LogP contribution is 2.24. The maximum Gasteiger partial charge on any atom is 0.241 e. The van der Waals surface area contributed by atoms with E-state index in [9.17, 15) is 9.59 Å². The van der Waals surface area contributed by atoms with E-state index >= 15 is 0 Å². The standard InChI is InChI=1S/C23H28BrN3O3/c1-16-7-8-21(20(24)13-16)25-23(29)17(2)26-9-11-27(12-10-26)22(28)15-18-5-4-6-19(14-18)30-3/h4-8,13-14,17H,9-12,15H2,1-3H3,(H,25,29). The molecule has 1 atom stereocenters. The molecule has 160 valence electrons. The highest BCUT2D eigenvalue weighted by molar-refractivity contribution is 9.10. The zero-order valence-electron chi connectivity index (χ0n) is 17.7. The minimum absolute atomic E-state index is 0.0456. The van der Waals surface area contributed by atoms with Gasteiger partial charge in [-0.3, -0.25) is 14.5 Å². The second kappa shape index (κ2) is 10.1. The van der Waals surface area contributed by atoms with Crippen LogP contribution in [0.5, 0.6) is 5.75 Å². The first-order chi connectivity index (χ1) is 14.4. The van der Waals surface area contributed by atoms with Crippen molar-refractivity contribution in [3.05, 3.63) is 58.1 Å². The van der Waals surface area contributed by atoms with E-state index in [0.29, 0.717) is 32.6 Å². The van der Waals surface area contributed by atoms with Crippen LogP contribution >= 0.6 is 15.9 Å². The number of ether oxygens (including phenoxy) is 1. The first kappa shape index (κ1) is 22.3. The number of amides is 2. The van der Waals surface area contributed by atoms with E-state index in [4.69, 9.17) is 4.74 Å². The fourth-order valence-corrected chi connectivity index (χ4v) is 4.14. The summed E-state index contributed by atoms with van der Waals surface area (Å²) in [4.78, 5) is 29.4. The van der Waals surface area contributed by atoms with E-state index in [1.54, 1.807) is 7.11 Å². The number of aryl methyl sites for hydroxylation is 1. The van der Waals surface area contributed by atoms with Crippen LogP contribution in [0, 0.1) is 6.92 Å². The van der Waals surface area contributed by atoms with E-state index in [1.807, 2.05) is 61.2 Å². The first-order valence-electron chi connectivity index (χ1n) is 10.1. The lowest BCUT2D eigenvalue weighted by atomic mass is 10.1. The lowest BCUT2D eigenvalue weighted by Crippen LogP contribution is -2.54. The third-order valence-electron chi connectivity index (χ3n) is 5.47. The molecule has 2 aromatic rings. The van der Waals surface area contributed by atoms with Crippen molar-refractivity contribution in [3.8, 4) is 5.75 Å². The smallest absolute Gasteiger partial charge is 0.241 e. The normalized spacial score (nSPS) is 15.5. The minimum atomic E-state index is -0.270. The quantitative estimate of drug-likeness (QED) is 0.697. The molecule has 1 saturated heterocycles. The van der Waals surface area contributed by atoms with E-state index < -0.39 is 0 Å². The van der Waals surface area contributed by atoms with Crippen LogP contribution in [0.3, 0.4) is 0 Å². The summed E-state index contributed by atoms with van der Waals surface area (Å²) in [5.41, 5.74) is 2.84. The van der Waals surface area contributed by atoms with Crippen molar-refractivity contribution < 1.29 is 14.3 Å². The van der Waals surface area contributed by atoms with E-state index in [1.165, 1.54) is 0 Å². The zero-order chi connectivity index (χ0) is 21.7. The van der Waals surface area contributed by atoms with Crippen LogP contribution in [0.25, 0.3) is 0 Å². The van der Waals surface area contributed by atoms with Gasteiger partial charge < -0.3 is 15.0 Å². The van der Waals surface area contributed by atoms with E-state index in [-0.39, 0.29) is 17.9 Å². The average molecular weight is 474 g/mol. The van der Waals surface area contributed by atoms with Crippen LogP contribution in [0.15, 0.2) is 46.9 Å². The Labute approximate surface area is 186 Å². The van der Waals surface area contributed by atoms with Crippen LogP contribution in [0.2, 0.25) is 0 Å². The predicted octanol–water partition coefficient (Wildman–Crippen LogP) is 3.48. The maximum absolute atomic E-state index is 12.7. The van der Waals surface area contributed by atoms with Crippen LogP contribution in [-0.4, -0.2) is 60.9 Å². The van der Waals surface area contributed by atoms with Gasteiger partial charge in [-0.25, -0.2) is 0 Å². The van der Waals surface area contributed by atoms with Gasteiger partial charge in [0, 0.05) is 30.7 Å². The van der Waals surface area contributed by atoms with Crippen LogP contribution < -0.4 is 10.1 Å². The number of carbonyl (C=O) groups excluding carboxylic acids is 2. The number of rotatable bonds is 6. The summed E-state index contributed by atoms with van der Waals surface area (Å²) in [6.07, 6.45) is 0.356. The second-order valence-electron chi connectivity index (χ2n) is 7.59. The summed E-state index contributed by atoms with van der Waals surface area (Å²) < 4.78 is 6.10. The molecule has 0 bridgehead atoms. The second-order valence-corrected chi connectivity index (χ2v) is 8.45. The zero-order valence-corrected chi connectivity index (χ0v) is 19.2. The molecule has 1 aliphatic rings. The van der Waals surface area contributed by atoms with E-state index in [2.05, 4.69) is 26.1 Å². The molecule has 1 unspecified atom stereocenters. The molecule has 2 aromatic carbocycles. The molecule has 0 aliphatic carbocycles. The third kappa shape index (κ3) is 5.61. The van der Waals surface area contributed by atoms with Gasteiger partial charge in [0.05, 0.1) is 25.3 Å². The van der Waals surface area contributed by atoms with Gasteiger partial charge in [0.25, 0.3) is 0 Å². The Kier molecular flexibility index (Phi) is 7.50. The topological polar surface area (TPSA) is 61.9 Å². The molecule has 7 heteroatoms. The Balaban J connectivity index is 1.51. The van der Waals surface area contributed by atoms with Gasteiger partial charge in [0.15, 0.2) is 0 Å². The molecule has 0 aromatic heterocycles. The molecular weight excluding hydrogens is 446 g/mol. The molecule has 1 aliphatic heterocycles. The van der Waals surface area contributed by atoms with Gasteiger partial charge in [-0.1, -0.05) is 18.2 Å². The summed E-state index contributed by atoms with van der Waals surface area (Å²) in [7, 11) is 1.62. The SMILES string of the molecule is COc1cccc(CC(=O)N2CCN(C(C)C(=O)Nc3ccc(C)cc3Br)CC2)c1. The summed E-state index contributed by atoms with van der Waals surface area (Å²) in [6.45, 7) is 6.50. The number of halogens is 1. The Morgan fingerprint density at radius 1 is 1.13 bits per heavy atom. The number of hydrogen-bond acceptors (Lipinski definition) is 4. The monoisotopic (exact) mass is 473 g/mol. The van der Waals surface area contributed by atoms with Crippen molar-refractivity contribution in [1.82, 2.24) is 9.80 Å². The molecule has 1 N–H and O–H groups in total. The van der Waals surface area contributed by atoms with Gasteiger partial charge in [0.1, 0.15) is 5.75 Å². The third-order valence-corrected chi connectivity index (χ3v) is 6.12. The van der Waals surface area contributed by atoms with Crippen molar-refractivity contribution in [3.63, 3.8) is 0 Å². The highest BCUT2D eigenvalue weighted by Gasteiger charge is 2.27. The summed E-state index contributed by atoms with van der Waals surface area (Å²) in [6, 6.07) is 13.2. The van der Waals surface area contributed by atoms with Crippen molar-refractivity contribution in [1.29, 1.82) is 0 Å². The summed E-state index contributed by atoms with van der Waals surface area (Å²) >= 11 is 3.50. The number of carbonyl (C=O) groups is 2. The fraction of sp³-hybridized carbons (Fsp3) is 0.391. The number of hydrogen-bond donors (Lipinski definition) is 1. The van der Waals surface area contributed by atoms with E-state index in [0.717, 1.165) is 27.0 Å². The van der Waals surface area contributed by atoms with Crippen molar-refractivity contribution in [2.45, 2.75) is 26.3 Å². The summed E-state index contributed by atoms with van der Waals surface area (Å²) in [5, 5.41) is 2.99. The molecule has 0 spiro atoms. The van der Waals surface area contributed by atoms with Crippen molar-refractivity contribution in [2.24, 2.45) is 0 Å². The number of benzene rings is 2. The largest absolute Gasteiger partial charge is 0.497 e. The molecule has 6 nitrogen and oxygen atoms in total. The molecule has 1 heterocycles. The Bertz CT molecular complexity index is 910. The average Bonchev–Trinajstić information content (AvgIpc) is 2.75. The first-order valence-corrected chi connectivity index (χ1v) is 10.9. The lowest BCUT2D eigenvalue weighted by molar-refractivity contribution is -0.133. The molecule has 0 radical (unpaired) electrons. The Morgan fingerprint density at radius 2 is 1.87 bits per heavy atom. The molecule has 2 amide bonds. The molecule has 30 heavy (non-hydrogen) atoms. The molecule has 3 rings (SSSR count). The number of anilines is 1. The van der Waals surface area contributed by atoms with Crippen LogP contribution in [-0.2, 0) is 16.0 Å². The minimum Gasteiger partial charge on any atom is -0.497 e. The highest BCUT2D eigenvalue weighted by atomic mass is 79.9. The predicted molar refractivity (Wildman–Crippen MR) is 122 cm³/mol. The maximum atomic E-state index is 12.7. The lowest BCUT2D eigenvalue weighted by Gasteiger charge is -2.37. The van der Waals surface area contributed by atoms with Gasteiger partial charge in [-0.2, -0.15) is 0 Å². The molecular formula is C23H28BrN3O3. The molecule has 0 saturated carbocycles. The van der Waals surface area contributed by atoms with Crippen molar-refractivity contribution >= 4 is 33.4 Å². The van der Waals surface area contributed by atoms with Gasteiger partial charge in [-0.05, 0) is 65.2 Å². The fourth-order valence-electron chi connectivity index (χ4n) is 3.55. The summed E-state index contributed by atoms with van der Waals surface area (Å²) in [5.74, 6) is 0.810. The number of methoxy groups -OCH3 is 1. The number of nitrogens with one attached hydrogen (secondary N) is 1. The molecule has 1 fully saturated rings. The number of nitrogens with zero attached hydrogens (tertiary/aromatic N) is 2.